The molecule has 0 spiro atoms. The van der Waals surface area contributed by atoms with Crippen molar-refractivity contribution >= 4 is 29.5 Å². The summed E-state index contributed by atoms with van der Waals surface area (Å²) in [4.78, 5) is 36.9. The molecule has 3 N–H and O–H groups in total. The summed E-state index contributed by atoms with van der Waals surface area (Å²) in [5.74, 6) is -1.67. The molecule has 2 amide bonds. The molecule has 0 aromatic heterocycles. The first-order valence-corrected chi connectivity index (χ1v) is 8.42. The summed E-state index contributed by atoms with van der Waals surface area (Å²) < 4.78 is 0. The summed E-state index contributed by atoms with van der Waals surface area (Å²) >= 11 is 1.34. The van der Waals surface area contributed by atoms with E-state index in [0.717, 1.165) is 10.5 Å². The van der Waals surface area contributed by atoms with Crippen LogP contribution in [-0.4, -0.2) is 56.7 Å². The molecule has 2 heterocycles. The lowest BCUT2D eigenvalue weighted by atomic mass is 10.0. The van der Waals surface area contributed by atoms with Crippen molar-refractivity contribution in [2.45, 2.75) is 17.8 Å². The number of aliphatic carboxylic acids is 1. The van der Waals surface area contributed by atoms with Gasteiger partial charge in [0.1, 0.15) is 17.1 Å². The minimum absolute atomic E-state index is 0.158. The van der Waals surface area contributed by atoms with Crippen molar-refractivity contribution in [3.8, 4) is 0 Å². The van der Waals surface area contributed by atoms with Crippen LogP contribution in [0.3, 0.4) is 0 Å². The molecule has 0 bridgehead atoms. The van der Waals surface area contributed by atoms with Crippen molar-refractivity contribution in [2.24, 2.45) is 0 Å². The highest BCUT2D eigenvalue weighted by atomic mass is 32.2. The van der Waals surface area contributed by atoms with Gasteiger partial charge in [0.25, 0.3) is 5.91 Å². The van der Waals surface area contributed by atoms with E-state index in [2.05, 4.69) is 5.32 Å². The number of fused-ring (bicyclic) bond motifs is 1. The number of aliphatic hydroxyl groups is 1. The van der Waals surface area contributed by atoms with Crippen LogP contribution in [0.15, 0.2) is 41.6 Å². The Morgan fingerprint density at radius 1 is 1.29 bits per heavy atom. The van der Waals surface area contributed by atoms with Crippen LogP contribution in [0.1, 0.15) is 5.56 Å². The molecule has 2 atom stereocenters. The fourth-order valence-corrected chi connectivity index (χ4v) is 4.15. The fourth-order valence-electron chi connectivity index (χ4n) is 2.81. The predicted molar refractivity (Wildman–Crippen MR) is 86.9 cm³/mol. The number of rotatable bonds is 5. The number of carbonyl (C=O) groups excluding carboxylic acids is 2. The van der Waals surface area contributed by atoms with Gasteiger partial charge < -0.3 is 15.5 Å². The van der Waals surface area contributed by atoms with E-state index in [9.17, 15) is 24.6 Å². The quantitative estimate of drug-likeness (QED) is 0.645. The largest absolute Gasteiger partial charge is 0.477 e. The van der Waals surface area contributed by atoms with E-state index in [4.69, 9.17) is 0 Å². The second kappa shape index (κ2) is 6.66. The lowest BCUT2D eigenvalue weighted by molar-refractivity contribution is -0.150. The molecule has 0 radical (unpaired) electrons. The first-order valence-electron chi connectivity index (χ1n) is 7.37. The first kappa shape index (κ1) is 16.5. The van der Waals surface area contributed by atoms with E-state index in [1.54, 1.807) is 0 Å². The molecule has 1 saturated heterocycles. The third-order valence-electron chi connectivity index (χ3n) is 3.96. The molecule has 0 aliphatic carbocycles. The number of carboxylic acid groups (broad SMARTS) is 1. The van der Waals surface area contributed by atoms with E-state index >= 15 is 0 Å². The molecular formula is C16H16N2O5S. The molecule has 3 rings (SSSR count). The minimum atomic E-state index is -1.24. The molecule has 0 saturated carbocycles. The normalized spacial score (nSPS) is 22.7. The Balaban J connectivity index is 1.69. The predicted octanol–water partition coefficient (Wildman–Crippen LogP) is -0.0400. The molecule has 1 fully saturated rings. The third kappa shape index (κ3) is 2.90. The van der Waals surface area contributed by atoms with Gasteiger partial charge in [-0.05, 0) is 11.1 Å². The lowest BCUT2D eigenvalue weighted by Crippen LogP contribution is -2.70. The van der Waals surface area contributed by atoms with E-state index in [1.165, 1.54) is 11.8 Å². The number of hydrogen-bond donors (Lipinski definition) is 3. The van der Waals surface area contributed by atoms with Crippen LogP contribution in [-0.2, 0) is 20.8 Å². The Labute approximate surface area is 142 Å². The highest BCUT2D eigenvalue weighted by molar-refractivity contribution is 8.00. The van der Waals surface area contributed by atoms with Crippen molar-refractivity contribution in [3.05, 3.63) is 47.2 Å². The molecule has 2 aliphatic rings. The van der Waals surface area contributed by atoms with Gasteiger partial charge >= 0.3 is 5.97 Å². The zero-order valence-electron chi connectivity index (χ0n) is 12.6. The van der Waals surface area contributed by atoms with Crippen molar-refractivity contribution in [1.82, 2.24) is 10.2 Å². The number of carbonyl (C=O) groups is 3. The van der Waals surface area contributed by atoms with E-state index in [1.807, 2.05) is 30.3 Å². The highest BCUT2D eigenvalue weighted by Crippen LogP contribution is 2.40. The van der Waals surface area contributed by atoms with Crippen LogP contribution in [0.25, 0.3) is 0 Å². The fraction of sp³-hybridized carbons (Fsp3) is 0.312. The highest BCUT2D eigenvalue weighted by Gasteiger charge is 2.54. The van der Waals surface area contributed by atoms with E-state index < -0.39 is 29.9 Å². The monoisotopic (exact) mass is 348 g/mol. The molecular weight excluding hydrogens is 332 g/mol. The van der Waals surface area contributed by atoms with Crippen molar-refractivity contribution in [3.63, 3.8) is 0 Å². The molecule has 2 aliphatic heterocycles. The Bertz CT molecular complexity index is 718. The minimum Gasteiger partial charge on any atom is -0.477 e. The molecule has 8 heteroatoms. The number of nitrogens with one attached hydrogen (secondary N) is 1. The molecule has 7 nitrogen and oxygen atoms in total. The average Bonchev–Trinajstić information content (AvgIpc) is 2.58. The topological polar surface area (TPSA) is 107 Å². The number of β-lactam (4-membered cyclic amide) rings is 1. The van der Waals surface area contributed by atoms with Crippen LogP contribution >= 0.6 is 11.8 Å². The van der Waals surface area contributed by atoms with Crippen LogP contribution in [0.2, 0.25) is 0 Å². The molecule has 2 unspecified atom stereocenters. The SMILES string of the molecule is O=C(Cc1ccccc1)NC1C(=O)N2C(C(=O)O)=C(CO)CSC12. The maximum Gasteiger partial charge on any atom is 0.352 e. The van der Waals surface area contributed by atoms with Crippen LogP contribution in [0.4, 0.5) is 0 Å². The van der Waals surface area contributed by atoms with Gasteiger partial charge in [-0.3, -0.25) is 14.5 Å². The van der Waals surface area contributed by atoms with Gasteiger partial charge in [-0.15, -0.1) is 11.8 Å². The van der Waals surface area contributed by atoms with E-state index in [-0.39, 0.29) is 18.0 Å². The maximum atomic E-state index is 12.3. The van der Waals surface area contributed by atoms with Gasteiger partial charge in [-0.25, -0.2) is 4.79 Å². The molecule has 1 aromatic rings. The standard InChI is InChI=1S/C16H16N2O5S/c19-7-10-8-24-15-12(14(21)18(15)13(10)16(22)23)17-11(20)6-9-4-2-1-3-5-9/h1-5,12,15,19H,6-8H2,(H,17,20)(H,22,23). The van der Waals surface area contributed by atoms with Gasteiger partial charge in [-0.2, -0.15) is 0 Å². The van der Waals surface area contributed by atoms with Gasteiger partial charge in [0, 0.05) is 5.75 Å². The summed E-state index contributed by atoms with van der Waals surface area (Å²) in [7, 11) is 0. The van der Waals surface area contributed by atoms with Gasteiger partial charge in [-0.1, -0.05) is 30.3 Å². The smallest absolute Gasteiger partial charge is 0.352 e. The Kier molecular flexibility index (Phi) is 4.59. The molecule has 126 valence electrons. The Hall–Kier alpha value is -2.32. The van der Waals surface area contributed by atoms with Gasteiger partial charge in [0.2, 0.25) is 5.91 Å². The average molecular weight is 348 g/mol. The van der Waals surface area contributed by atoms with E-state index in [0.29, 0.717) is 11.3 Å². The summed E-state index contributed by atoms with van der Waals surface area (Å²) in [5.41, 5.74) is 0.981. The number of carboxylic acids is 1. The third-order valence-corrected chi connectivity index (χ3v) is 5.30. The van der Waals surface area contributed by atoms with Crippen LogP contribution in [0, 0.1) is 0 Å². The van der Waals surface area contributed by atoms with Gasteiger partial charge in [0.15, 0.2) is 0 Å². The number of hydrogen-bond acceptors (Lipinski definition) is 5. The summed E-state index contributed by atoms with van der Waals surface area (Å²) in [5, 5.41) is 20.8. The number of amides is 2. The second-order valence-electron chi connectivity index (χ2n) is 5.53. The zero-order chi connectivity index (χ0) is 17.3. The Morgan fingerprint density at radius 2 is 2.00 bits per heavy atom. The molecule has 1 aromatic carbocycles. The Morgan fingerprint density at radius 3 is 2.62 bits per heavy atom. The number of benzene rings is 1. The summed E-state index contributed by atoms with van der Waals surface area (Å²) in [6.07, 6.45) is 0.158. The van der Waals surface area contributed by atoms with Crippen molar-refractivity contribution < 1.29 is 24.6 Å². The zero-order valence-corrected chi connectivity index (χ0v) is 13.5. The van der Waals surface area contributed by atoms with Gasteiger partial charge in [0.05, 0.1) is 13.0 Å². The van der Waals surface area contributed by atoms with Crippen molar-refractivity contribution in [2.75, 3.05) is 12.4 Å². The summed E-state index contributed by atoms with van der Waals surface area (Å²) in [6.45, 7) is -0.407. The molecule has 24 heavy (non-hydrogen) atoms. The number of thioether (sulfide) groups is 1. The second-order valence-corrected chi connectivity index (χ2v) is 6.64. The van der Waals surface area contributed by atoms with Crippen LogP contribution in [0.5, 0.6) is 0 Å². The number of nitrogens with zero attached hydrogens (tertiary/aromatic N) is 1. The first-order chi connectivity index (χ1) is 11.5. The maximum absolute atomic E-state index is 12.3. The lowest BCUT2D eigenvalue weighted by Gasteiger charge is -2.49. The van der Waals surface area contributed by atoms with Crippen LogP contribution < -0.4 is 5.32 Å². The summed E-state index contributed by atoms with van der Waals surface area (Å²) in [6, 6.07) is 8.42. The number of aliphatic hydroxyl groups excluding tert-OH is 1. The van der Waals surface area contributed by atoms with Crippen molar-refractivity contribution in [1.29, 1.82) is 0 Å².